The molecule has 0 N–H and O–H groups in total. The van der Waals surface area contributed by atoms with Gasteiger partial charge in [0.2, 0.25) is 0 Å². The SMILES string of the molecule is CCOC=C(C#N)C1=NC1. The normalized spacial score (nSPS) is 15.6. The fourth-order valence-corrected chi connectivity index (χ4v) is 0.535. The predicted molar refractivity (Wildman–Crippen MR) is 37.6 cm³/mol. The summed E-state index contributed by atoms with van der Waals surface area (Å²) in [6.45, 7) is 3.17. The molecule has 1 heterocycles. The summed E-state index contributed by atoms with van der Waals surface area (Å²) in [5, 5.41) is 8.48. The standard InChI is InChI=1S/C7H8N2O/c1-2-10-5-6(3-8)7-4-9-7/h5H,2,4H2,1H3. The second kappa shape index (κ2) is 3.02. The van der Waals surface area contributed by atoms with E-state index in [9.17, 15) is 0 Å². The van der Waals surface area contributed by atoms with Crippen LogP contribution in [0, 0.1) is 11.3 Å². The minimum atomic E-state index is 0.557. The van der Waals surface area contributed by atoms with E-state index in [2.05, 4.69) is 4.99 Å². The Labute approximate surface area is 59.6 Å². The van der Waals surface area contributed by atoms with Gasteiger partial charge in [-0.1, -0.05) is 0 Å². The molecule has 0 amide bonds. The third-order valence-corrected chi connectivity index (χ3v) is 1.12. The molecule has 1 aliphatic rings. The molecule has 0 aromatic rings. The van der Waals surface area contributed by atoms with Gasteiger partial charge in [-0.2, -0.15) is 5.26 Å². The van der Waals surface area contributed by atoms with E-state index in [0.29, 0.717) is 18.7 Å². The van der Waals surface area contributed by atoms with Crippen molar-refractivity contribution in [3.63, 3.8) is 0 Å². The van der Waals surface area contributed by atoms with Crippen LogP contribution < -0.4 is 0 Å². The predicted octanol–water partition coefficient (Wildman–Crippen LogP) is 0.885. The first kappa shape index (κ1) is 6.81. The number of ether oxygens (including phenoxy) is 1. The maximum absolute atomic E-state index is 8.48. The summed E-state index contributed by atoms with van der Waals surface area (Å²) in [5.41, 5.74) is 1.41. The van der Waals surface area contributed by atoms with Gasteiger partial charge in [0.15, 0.2) is 0 Å². The van der Waals surface area contributed by atoms with Crippen molar-refractivity contribution < 1.29 is 4.74 Å². The Balaban J connectivity index is 2.48. The highest BCUT2D eigenvalue weighted by molar-refractivity contribution is 6.12. The first-order valence-electron chi connectivity index (χ1n) is 3.14. The second-order valence-electron chi connectivity index (χ2n) is 1.86. The molecule has 10 heavy (non-hydrogen) atoms. The molecule has 0 bridgehead atoms. The molecule has 0 aliphatic carbocycles. The number of aliphatic imine (C=N–C) groups is 1. The molecule has 0 fully saturated rings. The third-order valence-electron chi connectivity index (χ3n) is 1.12. The van der Waals surface area contributed by atoms with Crippen molar-refractivity contribution in [3.8, 4) is 6.07 Å². The summed E-state index contributed by atoms with van der Waals surface area (Å²) in [7, 11) is 0. The van der Waals surface area contributed by atoms with Gasteiger partial charge in [-0.05, 0) is 6.92 Å². The van der Waals surface area contributed by atoms with Gasteiger partial charge in [0, 0.05) is 0 Å². The fourth-order valence-electron chi connectivity index (χ4n) is 0.535. The molecule has 3 nitrogen and oxygen atoms in total. The molecule has 1 aliphatic heterocycles. The highest BCUT2D eigenvalue weighted by Gasteiger charge is 2.15. The van der Waals surface area contributed by atoms with E-state index in [1.54, 1.807) is 0 Å². The molecule has 3 heteroatoms. The van der Waals surface area contributed by atoms with Crippen molar-refractivity contribution in [1.82, 2.24) is 0 Å². The molecule has 0 aromatic heterocycles. The molecule has 1 rings (SSSR count). The lowest BCUT2D eigenvalue weighted by Crippen LogP contribution is -1.89. The lowest BCUT2D eigenvalue weighted by molar-refractivity contribution is 0.268. The Hall–Kier alpha value is -1.30. The highest BCUT2D eigenvalue weighted by atomic mass is 16.5. The number of rotatable bonds is 3. The minimum absolute atomic E-state index is 0.557. The molecule has 0 unspecified atom stereocenters. The van der Waals surface area contributed by atoms with Gasteiger partial charge in [0.1, 0.15) is 17.9 Å². The molecule has 0 spiro atoms. The first-order valence-corrected chi connectivity index (χ1v) is 3.14. The van der Waals surface area contributed by atoms with Gasteiger partial charge in [-0.3, -0.25) is 4.99 Å². The van der Waals surface area contributed by atoms with Crippen LogP contribution >= 0.6 is 0 Å². The van der Waals surface area contributed by atoms with Gasteiger partial charge in [-0.25, -0.2) is 0 Å². The average Bonchev–Trinajstić information content (AvgIpc) is 2.73. The van der Waals surface area contributed by atoms with Crippen molar-refractivity contribution in [2.24, 2.45) is 4.99 Å². The number of nitriles is 1. The number of hydrogen-bond donors (Lipinski definition) is 0. The minimum Gasteiger partial charge on any atom is -0.500 e. The molecular formula is C7H8N2O. The molecule has 0 saturated carbocycles. The topological polar surface area (TPSA) is 45.4 Å². The van der Waals surface area contributed by atoms with Crippen molar-refractivity contribution >= 4 is 5.71 Å². The van der Waals surface area contributed by atoms with Crippen LogP contribution in [-0.2, 0) is 4.74 Å². The van der Waals surface area contributed by atoms with E-state index in [1.807, 2.05) is 13.0 Å². The van der Waals surface area contributed by atoms with Crippen molar-refractivity contribution in [1.29, 1.82) is 5.26 Å². The van der Waals surface area contributed by atoms with E-state index < -0.39 is 0 Å². The Morgan fingerprint density at radius 2 is 2.70 bits per heavy atom. The highest BCUT2D eigenvalue weighted by Crippen LogP contribution is 2.07. The van der Waals surface area contributed by atoms with Gasteiger partial charge in [-0.15, -0.1) is 0 Å². The van der Waals surface area contributed by atoms with E-state index in [-0.39, 0.29) is 0 Å². The molecule has 0 saturated heterocycles. The molecule has 0 aromatic carbocycles. The van der Waals surface area contributed by atoms with Gasteiger partial charge >= 0.3 is 0 Å². The monoisotopic (exact) mass is 136 g/mol. The van der Waals surface area contributed by atoms with Crippen LogP contribution in [0.25, 0.3) is 0 Å². The van der Waals surface area contributed by atoms with Crippen molar-refractivity contribution in [2.75, 3.05) is 13.2 Å². The van der Waals surface area contributed by atoms with E-state index >= 15 is 0 Å². The summed E-state index contributed by atoms with van der Waals surface area (Å²) in [6, 6.07) is 2.00. The van der Waals surface area contributed by atoms with Crippen LogP contribution in [0.5, 0.6) is 0 Å². The van der Waals surface area contributed by atoms with Gasteiger partial charge in [0.25, 0.3) is 0 Å². The van der Waals surface area contributed by atoms with Crippen LogP contribution in [0.2, 0.25) is 0 Å². The quantitative estimate of drug-likeness (QED) is 0.427. The van der Waals surface area contributed by atoms with Crippen LogP contribution in [0.3, 0.4) is 0 Å². The van der Waals surface area contributed by atoms with Crippen molar-refractivity contribution in [2.45, 2.75) is 6.92 Å². The summed E-state index contributed by atoms with van der Waals surface area (Å²) in [6.07, 6.45) is 1.46. The lowest BCUT2D eigenvalue weighted by atomic mass is 10.3. The molecular weight excluding hydrogens is 128 g/mol. The van der Waals surface area contributed by atoms with Gasteiger partial charge in [0.05, 0.1) is 18.9 Å². The summed E-state index contributed by atoms with van der Waals surface area (Å²) in [5.74, 6) is 0. The first-order chi connectivity index (χ1) is 4.88. The maximum Gasteiger partial charge on any atom is 0.109 e. The third kappa shape index (κ3) is 1.59. The summed E-state index contributed by atoms with van der Waals surface area (Å²) >= 11 is 0. The molecule has 0 radical (unpaired) electrons. The Morgan fingerprint density at radius 1 is 2.00 bits per heavy atom. The van der Waals surface area contributed by atoms with Crippen LogP contribution in [0.15, 0.2) is 16.8 Å². The average molecular weight is 136 g/mol. The Kier molecular flexibility index (Phi) is 2.06. The molecule has 52 valence electrons. The number of hydrogen-bond acceptors (Lipinski definition) is 3. The smallest absolute Gasteiger partial charge is 0.109 e. The zero-order valence-corrected chi connectivity index (χ0v) is 5.79. The second-order valence-corrected chi connectivity index (χ2v) is 1.86. The Morgan fingerprint density at radius 3 is 3.10 bits per heavy atom. The fraction of sp³-hybridized carbons (Fsp3) is 0.429. The van der Waals surface area contributed by atoms with Crippen LogP contribution in [-0.4, -0.2) is 18.9 Å². The molecule has 0 atom stereocenters. The van der Waals surface area contributed by atoms with Gasteiger partial charge < -0.3 is 4.74 Å². The number of nitrogens with zero attached hydrogens (tertiary/aromatic N) is 2. The summed E-state index contributed by atoms with van der Waals surface area (Å²) < 4.78 is 4.92. The summed E-state index contributed by atoms with van der Waals surface area (Å²) in [4.78, 5) is 3.87. The van der Waals surface area contributed by atoms with E-state index in [4.69, 9.17) is 10.00 Å². The zero-order valence-electron chi connectivity index (χ0n) is 5.79. The maximum atomic E-state index is 8.48. The van der Waals surface area contributed by atoms with Crippen LogP contribution in [0.4, 0.5) is 0 Å². The Bertz CT molecular complexity index is 222. The van der Waals surface area contributed by atoms with Crippen molar-refractivity contribution in [3.05, 3.63) is 11.8 Å². The largest absolute Gasteiger partial charge is 0.500 e. The lowest BCUT2D eigenvalue weighted by Gasteiger charge is -1.91. The van der Waals surface area contributed by atoms with Crippen LogP contribution in [0.1, 0.15) is 6.92 Å². The zero-order chi connectivity index (χ0) is 7.40. The van der Waals surface area contributed by atoms with E-state index in [1.165, 1.54) is 6.26 Å². The van der Waals surface area contributed by atoms with E-state index in [0.717, 1.165) is 5.71 Å².